The Morgan fingerprint density at radius 2 is 0.649 bits per heavy atom. The number of pyridine rings is 1. The summed E-state index contributed by atoms with van der Waals surface area (Å²) in [5.41, 5.74) is 14.2. The summed E-state index contributed by atoms with van der Waals surface area (Å²) >= 11 is 0. The molecule has 0 aliphatic heterocycles. The quantitative estimate of drug-likeness (QED) is 0.160. The molecular formula is C55H35NO. The van der Waals surface area contributed by atoms with Gasteiger partial charge in [0.25, 0.3) is 0 Å². The van der Waals surface area contributed by atoms with Gasteiger partial charge in [-0.05, 0) is 72.6 Å². The van der Waals surface area contributed by atoms with E-state index < -0.39 is 0 Å². The van der Waals surface area contributed by atoms with E-state index in [1.807, 2.05) is 12.1 Å². The SMILES string of the molecule is c1ccc(-c2ccc(-c3c4ccccc4c(-c4ccc(-c5nc6ccccc6c6oc(-c7ccccc7)c(-c7ccccc7)c56)cc4)c4ccccc34)cc2)cc1. The Bertz CT molecular complexity index is 3180. The van der Waals surface area contributed by atoms with Crippen molar-refractivity contribution in [1.82, 2.24) is 4.98 Å². The largest absolute Gasteiger partial charge is 0.455 e. The van der Waals surface area contributed by atoms with Crippen molar-refractivity contribution in [3.8, 4) is 67.1 Å². The van der Waals surface area contributed by atoms with Crippen molar-refractivity contribution in [1.29, 1.82) is 0 Å². The second-order valence-corrected chi connectivity index (χ2v) is 14.6. The van der Waals surface area contributed by atoms with Gasteiger partial charge in [-0.1, -0.05) is 200 Å². The van der Waals surface area contributed by atoms with Gasteiger partial charge in [-0.3, -0.25) is 0 Å². The first-order valence-corrected chi connectivity index (χ1v) is 19.5. The van der Waals surface area contributed by atoms with Crippen molar-refractivity contribution >= 4 is 43.4 Å². The summed E-state index contributed by atoms with van der Waals surface area (Å²) < 4.78 is 6.94. The molecule has 0 bridgehead atoms. The van der Waals surface area contributed by atoms with Gasteiger partial charge in [-0.25, -0.2) is 4.98 Å². The summed E-state index contributed by atoms with van der Waals surface area (Å²) in [6, 6.07) is 75.5. The third-order valence-electron chi connectivity index (χ3n) is 11.3. The summed E-state index contributed by atoms with van der Waals surface area (Å²) in [5, 5.41) is 6.95. The third kappa shape index (κ3) is 5.53. The van der Waals surface area contributed by atoms with E-state index in [0.29, 0.717) is 0 Å². The van der Waals surface area contributed by atoms with E-state index in [4.69, 9.17) is 9.40 Å². The first kappa shape index (κ1) is 32.8. The summed E-state index contributed by atoms with van der Waals surface area (Å²) in [5.74, 6) is 0.848. The molecule has 0 radical (unpaired) electrons. The fourth-order valence-corrected chi connectivity index (χ4v) is 8.67. The molecule has 266 valence electrons. The van der Waals surface area contributed by atoms with Gasteiger partial charge in [0.15, 0.2) is 0 Å². The molecule has 0 atom stereocenters. The highest BCUT2D eigenvalue weighted by Gasteiger charge is 2.24. The molecule has 0 fully saturated rings. The Balaban J connectivity index is 1.10. The first-order chi connectivity index (χ1) is 28.3. The molecule has 2 nitrogen and oxygen atoms in total. The van der Waals surface area contributed by atoms with Crippen molar-refractivity contribution < 1.29 is 4.42 Å². The molecule has 0 aliphatic rings. The number of aromatic nitrogens is 1. The average Bonchev–Trinajstić information content (AvgIpc) is 3.70. The molecule has 9 aromatic carbocycles. The topological polar surface area (TPSA) is 26.0 Å². The smallest absolute Gasteiger partial charge is 0.147 e. The van der Waals surface area contributed by atoms with Crippen LogP contribution >= 0.6 is 0 Å². The normalized spacial score (nSPS) is 11.5. The van der Waals surface area contributed by atoms with Gasteiger partial charge >= 0.3 is 0 Å². The predicted molar refractivity (Wildman–Crippen MR) is 239 cm³/mol. The van der Waals surface area contributed by atoms with Gasteiger partial charge in [-0.2, -0.15) is 0 Å². The Kier molecular flexibility index (Phi) is 7.86. The van der Waals surface area contributed by atoms with Gasteiger partial charge in [0, 0.05) is 22.1 Å². The molecule has 2 heteroatoms. The van der Waals surface area contributed by atoms with Crippen LogP contribution in [0.4, 0.5) is 0 Å². The zero-order valence-electron chi connectivity index (χ0n) is 31.1. The Labute approximate surface area is 331 Å². The number of benzene rings is 9. The van der Waals surface area contributed by atoms with Gasteiger partial charge in [0.1, 0.15) is 11.3 Å². The van der Waals surface area contributed by atoms with Crippen molar-refractivity contribution in [2.75, 3.05) is 0 Å². The Morgan fingerprint density at radius 1 is 0.281 bits per heavy atom. The van der Waals surface area contributed by atoms with Crippen LogP contribution in [0, 0.1) is 0 Å². The number of hydrogen-bond acceptors (Lipinski definition) is 2. The van der Waals surface area contributed by atoms with Gasteiger partial charge in [-0.15, -0.1) is 0 Å². The van der Waals surface area contributed by atoms with Crippen LogP contribution in [-0.2, 0) is 0 Å². The minimum atomic E-state index is 0.848. The zero-order chi connectivity index (χ0) is 37.7. The maximum Gasteiger partial charge on any atom is 0.147 e. The van der Waals surface area contributed by atoms with Gasteiger partial charge in [0.2, 0.25) is 0 Å². The van der Waals surface area contributed by atoms with E-state index in [1.165, 1.54) is 49.4 Å². The molecule has 0 aliphatic carbocycles. The molecule has 11 rings (SSSR count). The molecule has 0 spiro atoms. The van der Waals surface area contributed by atoms with E-state index in [-0.39, 0.29) is 0 Å². The van der Waals surface area contributed by atoms with Crippen molar-refractivity contribution in [2.24, 2.45) is 0 Å². The first-order valence-electron chi connectivity index (χ1n) is 19.5. The highest BCUT2D eigenvalue weighted by atomic mass is 16.3. The number of rotatable bonds is 6. The molecule has 2 aromatic heterocycles. The summed E-state index contributed by atoms with van der Waals surface area (Å²) in [6.07, 6.45) is 0. The van der Waals surface area contributed by atoms with Crippen molar-refractivity contribution in [3.05, 3.63) is 212 Å². The van der Waals surface area contributed by atoms with E-state index in [9.17, 15) is 0 Å². The van der Waals surface area contributed by atoms with Crippen LogP contribution in [0.1, 0.15) is 0 Å². The standard InChI is InChI=1S/C55H35NO/c1-4-16-36(17-5-1)37-28-30-39(31-29-37)49-43-22-10-12-24-45(43)50(46-25-13-11-23-44(46)49)40-32-34-41(35-33-40)53-52-51(38-18-6-2-7-19-38)54(42-20-8-3-9-21-42)57-55(52)47-26-14-15-27-48(47)56-53/h1-35H. The van der Waals surface area contributed by atoms with Crippen molar-refractivity contribution in [3.63, 3.8) is 0 Å². The monoisotopic (exact) mass is 725 g/mol. The van der Waals surface area contributed by atoms with E-state index >= 15 is 0 Å². The average molecular weight is 726 g/mol. The van der Waals surface area contributed by atoms with E-state index in [0.717, 1.165) is 61.1 Å². The molecular weight excluding hydrogens is 691 g/mol. The maximum absolute atomic E-state index is 6.94. The number of fused-ring (bicyclic) bond motifs is 5. The van der Waals surface area contributed by atoms with Crippen LogP contribution in [-0.4, -0.2) is 4.98 Å². The molecule has 0 saturated heterocycles. The lowest BCUT2D eigenvalue weighted by atomic mass is 9.85. The zero-order valence-corrected chi connectivity index (χ0v) is 31.1. The van der Waals surface area contributed by atoms with Gasteiger partial charge in [0.05, 0.1) is 16.6 Å². The fourth-order valence-electron chi connectivity index (χ4n) is 8.67. The van der Waals surface area contributed by atoms with Crippen LogP contribution in [0.15, 0.2) is 217 Å². The van der Waals surface area contributed by atoms with Crippen LogP contribution in [0.25, 0.3) is 111 Å². The molecule has 2 heterocycles. The van der Waals surface area contributed by atoms with Crippen LogP contribution < -0.4 is 0 Å². The molecule has 0 N–H and O–H groups in total. The molecule has 57 heavy (non-hydrogen) atoms. The lowest BCUT2D eigenvalue weighted by Gasteiger charge is -2.18. The second kappa shape index (κ2) is 13.6. The molecule has 0 amide bonds. The Morgan fingerprint density at radius 3 is 1.18 bits per heavy atom. The van der Waals surface area contributed by atoms with E-state index in [2.05, 4.69) is 200 Å². The number of furan rings is 1. The van der Waals surface area contributed by atoms with E-state index in [1.54, 1.807) is 0 Å². The predicted octanol–water partition coefficient (Wildman–Crippen LogP) is 15.3. The van der Waals surface area contributed by atoms with Crippen LogP contribution in [0.5, 0.6) is 0 Å². The molecule has 0 saturated carbocycles. The van der Waals surface area contributed by atoms with Crippen molar-refractivity contribution in [2.45, 2.75) is 0 Å². The fraction of sp³-hybridized carbons (Fsp3) is 0. The Hall–Kier alpha value is -7.55. The van der Waals surface area contributed by atoms with Crippen LogP contribution in [0.3, 0.4) is 0 Å². The summed E-state index contributed by atoms with van der Waals surface area (Å²) in [7, 11) is 0. The lowest BCUT2D eigenvalue weighted by molar-refractivity contribution is 0.636. The highest BCUT2D eigenvalue weighted by molar-refractivity contribution is 6.22. The summed E-state index contributed by atoms with van der Waals surface area (Å²) in [6.45, 7) is 0. The number of nitrogens with zero attached hydrogens (tertiary/aromatic N) is 1. The maximum atomic E-state index is 6.94. The minimum absolute atomic E-state index is 0.848. The number of para-hydroxylation sites is 1. The minimum Gasteiger partial charge on any atom is -0.455 e. The highest BCUT2D eigenvalue weighted by Crippen LogP contribution is 2.48. The summed E-state index contributed by atoms with van der Waals surface area (Å²) in [4.78, 5) is 5.38. The molecule has 11 aromatic rings. The van der Waals surface area contributed by atoms with Crippen LogP contribution in [0.2, 0.25) is 0 Å². The second-order valence-electron chi connectivity index (χ2n) is 14.6. The third-order valence-corrected chi connectivity index (χ3v) is 11.3. The molecule has 0 unspecified atom stereocenters. The van der Waals surface area contributed by atoms with Gasteiger partial charge < -0.3 is 4.42 Å². The lowest BCUT2D eigenvalue weighted by Crippen LogP contribution is -1.92. The number of hydrogen-bond donors (Lipinski definition) is 0.